The SMILES string of the molecule is Cn1c(Cl)c(C(=O)NC(Cc2ccccc2)(c2cccc(C(F)(F)F)c2)c2cccc(C(F)(F)F)c2)c[n+]1C. The van der Waals surface area contributed by atoms with E-state index in [4.69, 9.17) is 11.6 Å². The van der Waals surface area contributed by atoms with Gasteiger partial charge in [0.15, 0.2) is 12.2 Å². The van der Waals surface area contributed by atoms with E-state index in [1.807, 2.05) is 0 Å². The second-order valence-corrected chi connectivity index (χ2v) is 9.47. The maximum atomic E-state index is 13.8. The van der Waals surface area contributed by atoms with Gasteiger partial charge in [0.25, 0.3) is 5.91 Å². The highest BCUT2D eigenvalue weighted by Gasteiger charge is 2.41. The normalized spacial score (nSPS) is 12.4. The van der Waals surface area contributed by atoms with Crippen LogP contribution in [0.4, 0.5) is 26.3 Å². The molecule has 0 fully saturated rings. The molecule has 204 valence electrons. The monoisotopic (exact) mass is 566 g/mol. The Balaban J connectivity index is 2.02. The smallest absolute Gasteiger partial charge is 0.338 e. The fraction of sp³-hybridized carbons (Fsp3) is 0.214. The Kier molecular flexibility index (Phi) is 7.53. The van der Waals surface area contributed by atoms with Gasteiger partial charge in [-0.1, -0.05) is 66.2 Å². The Bertz CT molecular complexity index is 1440. The summed E-state index contributed by atoms with van der Waals surface area (Å²) < 4.78 is 85.6. The summed E-state index contributed by atoms with van der Waals surface area (Å²) in [6.45, 7) is 0. The van der Waals surface area contributed by atoms with E-state index in [-0.39, 0.29) is 28.3 Å². The summed E-state index contributed by atoms with van der Waals surface area (Å²) in [5.41, 5.74) is -3.41. The van der Waals surface area contributed by atoms with E-state index in [0.717, 1.165) is 36.4 Å². The molecule has 0 atom stereocenters. The molecule has 4 rings (SSSR count). The quantitative estimate of drug-likeness (QED) is 0.211. The van der Waals surface area contributed by atoms with Gasteiger partial charge in [0.2, 0.25) is 6.20 Å². The summed E-state index contributed by atoms with van der Waals surface area (Å²) in [6.07, 6.45) is -8.20. The highest BCUT2D eigenvalue weighted by atomic mass is 35.5. The molecule has 3 aromatic carbocycles. The molecule has 0 spiro atoms. The molecule has 0 bridgehead atoms. The van der Waals surface area contributed by atoms with E-state index in [1.165, 1.54) is 27.7 Å². The number of hydrogen-bond donors (Lipinski definition) is 1. The van der Waals surface area contributed by atoms with Crippen LogP contribution in [0, 0.1) is 0 Å². The number of carbonyl (C=O) groups is 1. The minimum absolute atomic E-state index is 0.00180. The van der Waals surface area contributed by atoms with Crippen molar-refractivity contribution in [2.24, 2.45) is 14.1 Å². The summed E-state index contributed by atoms with van der Waals surface area (Å²) in [6, 6.07) is 16.9. The van der Waals surface area contributed by atoms with E-state index in [2.05, 4.69) is 5.32 Å². The van der Waals surface area contributed by atoms with Gasteiger partial charge in [0, 0.05) is 6.42 Å². The van der Waals surface area contributed by atoms with Crippen LogP contribution in [0.3, 0.4) is 0 Å². The van der Waals surface area contributed by atoms with Crippen LogP contribution >= 0.6 is 11.6 Å². The van der Waals surface area contributed by atoms with Crippen molar-refractivity contribution in [1.82, 2.24) is 10.00 Å². The second-order valence-electron chi connectivity index (χ2n) is 9.11. The zero-order chi connectivity index (χ0) is 28.6. The molecule has 4 aromatic rings. The van der Waals surface area contributed by atoms with Crippen molar-refractivity contribution in [3.8, 4) is 0 Å². The summed E-state index contributed by atoms with van der Waals surface area (Å²) >= 11 is 6.34. The van der Waals surface area contributed by atoms with Gasteiger partial charge >= 0.3 is 12.4 Å². The first kappa shape index (κ1) is 28.2. The lowest BCUT2D eigenvalue weighted by Crippen LogP contribution is -2.49. The molecular weight excluding hydrogens is 544 g/mol. The van der Waals surface area contributed by atoms with Crippen molar-refractivity contribution >= 4 is 17.5 Å². The molecule has 0 radical (unpaired) electrons. The number of rotatable bonds is 6. The van der Waals surface area contributed by atoms with Gasteiger partial charge in [-0.05, 0) is 41.0 Å². The fourth-order valence-corrected chi connectivity index (χ4v) is 4.69. The molecule has 0 saturated heterocycles. The first-order chi connectivity index (χ1) is 18.2. The topological polar surface area (TPSA) is 37.9 Å². The molecular formula is C28H23ClF6N3O+. The standard InChI is InChI=1S/C28H22ClF6N3O/c1-37-17-23(24(29)38(37)2)25(39)36-26(16-18-8-4-3-5-9-18,19-10-6-12-21(14-19)27(30,31)32)20-11-7-13-22(15-20)28(33,34)35/h3-15,17H,16H2,1-2H3/p+1. The number of hydrogen-bond acceptors (Lipinski definition) is 1. The number of carbonyl (C=O) groups excluding carboxylic acids is 1. The number of benzene rings is 3. The van der Waals surface area contributed by atoms with Crippen LogP contribution in [-0.4, -0.2) is 10.6 Å². The number of alkyl halides is 6. The number of nitrogens with zero attached hydrogens (tertiary/aromatic N) is 2. The van der Waals surface area contributed by atoms with Crippen molar-refractivity contribution in [1.29, 1.82) is 0 Å². The lowest BCUT2D eigenvalue weighted by molar-refractivity contribution is -0.751. The molecule has 4 nitrogen and oxygen atoms in total. The van der Waals surface area contributed by atoms with Crippen LogP contribution in [0.5, 0.6) is 0 Å². The van der Waals surface area contributed by atoms with Crippen LogP contribution in [0.15, 0.2) is 85.1 Å². The number of aryl methyl sites for hydroxylation is 1. The van der Waals surface area contributed by atoms with E-state index < -0.39 is 34.9 Å². The lowest BCUT2D eigenvalue weighted by Gasteiger charge is -2.37. The largest absolute Gasteiger partial charge is 0.416 e. The maximum Gasteiger partial charge on any atom is 0.416 e. The van der Waals surface area contributed by atoms with Crippen LogP contribution in [0.25, 0.3) is 0 Å². The van der Waals surface area contributed by atoms with E-state index in [1.54, 1.807) is 44.4 Å². The molecule has 0 aliphatic carbocycles. The zero-order valence-electron chi connectivity index (χ0n) is 20.7. The minimum Gasteiger partial charge on any atom is -0.338 e. The molecule has 1 amide bonds. The van der Waals surface area contributed by atoms with Gasteiger partial charge in [0.1, 0.15) is 5.56 Å². The highest BCUT2D eigenvalue weighted by Crippen LogP contribution is 2.40. The third kappa shape index (κ3) is 5.80. The third-order valence-electron chi connectivity index (χ3n) is 6.54. The lowest BCUT2D eigenvalue weighted by atomic mass is 9.76. The third-order valence-corrected chi connectivity index (χ3v) is 6.99. The zero-order valence-corrected chi connectivity index (χ0v) is 21.5. The molecule has 0 aliphatic heterocycles. The van der Waals surface area contributed by atoms with Crippen molar-refractivity contribution in [3.63, 3.8) is 0 Å². The molecule has 0 saturated carbocycles. The average Bonchev–Trinajstić information content (AvgIpc) is 3.15. The van der Waals surface area contributed by atoms with E-state index in [0.29, 0.717) is 5.56 Å². The van der Waals surface area contributed by atoms with Crippen molar-refractivity contribution in [2.75, 3.05) is 0 Å². The predicted molar refractivity (Wildman–Crippen MR) is 133 cm³/mol. The maximum absolute atomic E-state index is 13.8. The van der Waals surface area contributed by atoms with Gasteiger partial charge in [-0.15, -0.1) is 9.36 Å². The number of halogens is 7. The molecule has 1 heterocycles. The molecule has 0 unspecified atom stereocenters. The number of nitrogens with one attached hydrogen (secondary N) is 1. The summed E-state index contributed by atoms with van der Waals surface area (Å²) in [4.78, 5) is 13.7. The van der Waals surface area contributed by atoms with E-state index >= 15 is 0 Å². The summed E-state index contributed by atoms with van der Waals surface area (Å²) in [7, 11) is 3.22. The van der Waals surface area contributed by atoms with Gasteiger partial charge < -0.3 is 5.32 Å². The number of amides is 1. The predicted octanol–water partition coefficient (Wildman–Crippen LogP) is 6.46. The fourth-order valence-electron chi connectivity index (χ4n) is 4.44. The van der Waals surface area contributed by atoms with Gasteiger partial charge in [-0.25, -0.2) is 0 Å². The Morgan fingerprint density at radius 3 is 1.74 bits per heavy atom. The van der Waals surface area contributed by atoms with Gasteiger partial charge in [0.05, 0.1) is 23.7 Å². The van der Waals surface area contributed by atoms with Crippen molar-refractivity contribution in [2.45, 2.75) is 24.3 Å². The first-order valence-corrected chi connectivity index (χ1v) is 12.0. The first-order valence-electron chi connectivity index (χ1n) is 11.7. The van der Waals surface area contributed by atoms with Crippen molar-refractivity contribution in [3.05, 3.63) is 124 Å². The van der Waals surface area contributed by atoms with Crippen LogP contribution < -0.4 is 10.00 Å². The molecule has 1 N–H and O–H groups in total. The molecule has 39 heavy (non-hydrogen) atoms. The summed E-state index contributed by atoms with van der Waals surface area (Å²) in [5.74, 6) is -0.776. The van der Waals surface area contributed by atoms with Gasteiger partial charge in [-0.3, -0.25) is 4.79 Å². The average molecular weight is 567 g/mol. The Hall–Kier alpha value is -3.79. The highest BCUT2D eigenvalue weighted by molar-refractivity contribution is 6.32. The minimum atomic E-state index is -4.73. The number of aromatic nitrogens is 2. The van der Waals surface area contributed by atoms with Gasteiger partial charge in [-0.2, -0.15) is 26.3 Å². The van der Waals surface area contributed by atoms with Crippen LogP contribution in [0.2, 0.25) is 5.15 Å². The van der Waals surface area contributed by atoms with E-state index in [9.17, 15) is 31.1 Å². The molecule has 1 aromatic heterocycles. The molecule has 11 heteroatoms. The Morgan fingerprint density at radius 1 is 0.821 bits per heavy atom. The molecule has 0 aliphatic rings. The Labute approximate surface area is 225 Å². The summed E-state index contributed by atoms with van der Waals surface area (Å²) in [5, 5.41) is 2.82. The Morgan fingerprint density at radius 2 is 1.31 bits per heavy atom. The van der Waals surface area contributed by atoms with Crippen LogP contribution in [-0.2, 0) is 38.4 Å². The second kappa shape index (κ2) is 10.4. The van der Waals surface area contributed by atoms with Crippen LogP contribution in [0.1, 0.15) is 38.2 Å². The van der Waals surface area contributed by atoms with Crippen molar-refractivity contribution < 1.29 is 35.8 Å².